The van der Waals surface area contributed by atoms with E-state index in [-0.39, 0.29) is 6.04 Å². The molecule has 0 saturated heterocycles. The van der Waals surface area contributed by atoms with Gasteiger partial charge in [-0.3, -0.25) is 0 Å². The maximum Gasteiger partial charge on any atom is 0.0409 e. The second-order valence-corrected chi connectivity index (χ2v) is 4.73. The maximum atomic E-state index is 6.24. The van der Waals surface area contributed by atoms with Crippen LogP contribution in [0.1, 0.15) is 43.9 Å². The van der Waals surface area contributed by atoms with Crippen molar-refractivity contribution >= 4 is 11.6 Å². The Morgan fingerprint density at radius 1 is 1.40 bits per heavy atom. The molecule has 0 aliphatic rings. The van der Waals surface area contributed by atoms with Crippen LogP contribution in [-0.2, 0) is 0 Å². The lowest BCUT2D eigenvalue weighted by molar-refractivity contribution is 0.432. The maximum absolute atomic E-state index is 6.24. The summed E-state index contributed by atoms with van der Waals surface area (Å²) in [6.45, 7) is 6.48. The summed E-state index contributed by atoms with van der Waals surface area (Å²) in [6, 6.07) is 6.05. The molecule has 0 aliphatic heterocycles. The lowest BCUT2D eigenvalue weighted by atomic mass is 9.89. The predicted molar refractivity (Wildman–Crippen MR) is 67.2 cm³/mol. The molecule has 1 rings (SSSR count). The molecule has 0 amide bonds. The standard InChI is InChI=1S/C13H20ClN/c1-4-5-10(3)13(15)12-8-11(14)7-6-9(12)2/h6-8,10,13H,4-5,15H2,1-3H3. The first-order chi connectivity index (χ1) is 7.06. The molecule has 2 N–H and O–H groups in total. The summed E-state index contributed by atoms with van der Waals surface area (Å²) in [5.74, 6) is 0.507. The van der Waals surface area contributed by atoms with E-state index in [0.29, 0.717) is 5.92 Å². The molecule has 0 spiro atoms. The summed E-state index contributed by atoms with van der Waals surface area (Å²) in [5.41, 5.74) is 8.65. The van der Waals surface area contributed by atoms with Crippen molar-refractivity contribution in [2.45, 2.75) is 39.7 Å². The minimum absolute atomic E-state index is 0.101. The fourth-order valence-electron chi connectivity index (χ4n) is 1.91. The Hall–Kier alpha value is -0.530. The second kappa shape index (κ2) is 5.53. The van der Waals surface area contributed by atoms with Crippen molar-refractivity contribution in [2.24, 2.45) is 11.7 Å². The lowest BCUT2D eigenvalue weighted by Crippen LogP contribution is -2.20. The lowest BCUT2D eigenvalue weighted by Gasteiger charge is -2.21. The molecule has 15 heavy (non-hydrogen) atoms. The van der Waals surface area contributed by atoms with Gasteiger partial charge in [0.15, 0.2) is 0 Å². The quantitative estimate of drug-likeness (QED) is 0.821. The van der Waals surface area contributed by atoms with E-state index in [1.165, 1.54) is 17.5 Å². The molecule has 0 saturated carbocycles. The van der Waals surface area contributed by atoms with Crippen molar-refractivity contribution < 1.29 is 0 Å². The molecule has 2 atom stereocenters. The molecular weight excluding hydrogens is 206 g/mol. The Bertz CT molecular complexity index is 322. The van der Waals surface area contributed by atoms with Crippen molar-refractivity contribution in [3.63, 3.8) is 0 Å². The van der Waals surface area contributed by atoms with Crippen LogP contribution in [0.5, 0.6) is 0 Å². The zero-order valence-corrected chi connectivity index (χ0v) is 10.5. The van der Waals surface area contributed by atoms with E-state index in [4.69, 9.17) is 17.3 Å². The summed E-state index contributed by atoms with van der Waals surface area (Å²) in [5, 5.41) is 0.773. The molecule has 84 valence electrons. The fraction of sp³-hybridized carbons (Fsp3) is 0.538. The highest BCUT2D eigenvalue weighted by Crippen LogP contribution is 2.27. The van der Waals surface area contributed by atoms with Crippen LogP contribution in [0.4, 0.5) is 0 Å². The van der Waals surface area contributed by atoms with E-state index in [1.807, 2.05) is 18.2 Å². The van der Waals surface area contributed by atoms with Crippen molar-refractivity contribution in [3.8, 4) is 0 Å². The predicted octanol–water partition coefficient (Wildman–Crippen LogP) is 4.08. The Morgan fingerprint density at radius 3 is 2.67 bits per heavy atom. The van der Waals surface area contributed by atoms with Gasteiger partial charge < -0.3 is 5.73 Å². The summed E-state index contributed by atoms with van der Waals surface area (Å²) in [7, 11) is 0. The van der Waals surface area contributed by atoms with Gasteiger partial charge in [0.1, 0.15) is 0 Å². The number of aryl methyl sites for hydroxylation is 1. The van der Waals surface area contributed by atoms with Crippen molar-refractivity contribution in [3.05, 3.63) is 34.3 Å². The van der Waals surface area contributed by atoms with Gasteiger partial charge in [0.2, 0.25) is 0 Å². The third-order valence-electron chi connectivity index (χ3n) is 2.96. The van der Waals surface area contributed by atoms with Crippen LogP contribution in [0.25, 0.3) is 0 Å². The minimum atomic E-state index is 0.101. The van der Waals surface area contributed by atoms with Crippen LogP contribution in [-0.4, -0.2) is 0 Å². The Labute approximate surface area is 97.6 Å². The number of rotatable bonds is 4. The van der Waals surface area contributed by atoms with Gasteiger partial charge in [0, 0.05) is 11.1 Å². The highest BCUT2D eigenvalue weighted by molar-refractivity contribution is 6.30. The molecule has 0 aliphatic carbocycles. The summed E-state index contributed by atoms with van der Waals surface area (Å²) < 4.78 is 0. The van der Waals surface area contributed by atoms with Crippen molar-refractivity contribution in [1.29, 1.82) is 0 Å². The number of hydrogen-bond acceptors (Lipinski definition) is 1. The summed E-state index contributed by atoms with van der Waals surface area (Å²) in [4.78, 5) is 0. The van der Waals surface area contributed by atoms with Gasteiger partial charge in [-0.15, -0.1) is 0 Å². The second-order valence-electron chi connectivity index (χ2n) is 4.29. The van der Waals surface area contributed by atoms with Crippen molar-refractivity contribution in [1.82, 2.24) is 0 Å². The number of halogens is 1. The molecular formula is C13H20ClN. The molecule has 0 bridgehead atoms. The Kier molecular flexibility index (Phi) is 4.62. The first kappa shape index (κ1) is 12.5. The van der Waals surface area contributed by atoms with Gasteiger partial charge in [-0.2, -0.15) is 0 Å². The van der Waals surface area contributed by atoms with Crippen LogP contribution in [0, 0.1) is 12.8 Å². The molecule has 1 aromatic rings. The van der Waals surface area contributed by atoms with Crippen molar-refractivity contribution in [2.75, 3.05) is 0 Å². The van der Waals surface area contributed by atoms with Crippen LogP contribution >= 0.6 is 11.6 Å². The summed E-state index contributed by atoms with van der Waals surface area (Å²) in [6.07, 6.45) is 2.33. The highest BCUT2D eigenvalue weighted by atomic mass is 35.5. The smallest absolute Gasteiger partial charge is 0.0409 e. The highest BCUT2D eigenvalue weighted by Gasteiger charge is 2.16. The van der Waals surface area contributed by atoms with E-state index in [9.17, 15) is 0 Å². The molecule has 0 heterocycles. The van der Waals surface area contributed by atoms with E-state index in [2.05, 4.69) is 20.8 Å². The average molecular weight is 226 g/mol. The van der Waals surface area contributed by atoms with Gasteiger partial charge >= 0.3 is 0 Å². The van der Waals surface area contributed by atoms with Gasteiger partial charge in [0.05, 0.1) is 0 Å². The first-order valence-corrected chi connectivity index (χ1v) is 5.95. The van der Waals surface area contributed by atoms with Crippen LogP contribution in [0.2, 0.25) is 5.02 Å². The van der Waals surface area contributed by atoms with Gasteiger partial charge in [-0.1, -0.05) is 37.9 Å². The normalized spacial score (nSPS) is 15.0. The molecule has 2 unspecified atom stereocenters. The third-order valence-corrected chi connectivity index (χ3v) is 3.19. The van der Waals surface area contributed by atoms with Gasteiger partial charge in [-0.05, 0) is 42.5 Å². The van der Waals surface area contributed by atoms with Crippen LogP contribution < -0.4 is 5.73 Å². The van der Waals surface area contributed by atoms with Gasteiger partial charge in [-0.25, -0.2) is 0 Å². The molecule has 1 aromatic carbocycles. The number of hydrogen-bond donors (Lipinski definition) is 1. The Morgan fingerprint density at radius 2 is 2.07 bits per heavy atom. The molecule has 2 heteroatoms. The molecule has 0 radical (unpaired) electrons. The SMILES string of the molecule is CCCC(C)C(N)c1cc(Cl)ccc1C. The van der Waals surface area contributed by atoms with Crippen LogP contribution in [0.15, 0.2) is 18.2 Å². The van der Waals surface area contributed by atoms with E-state index in [0.717, 1.165) is 11.4 Å². The molecule has 1 nitrogen and oxygen atoms in total. The fourth-order valence-corrected chi connectivity index (χ4v) is 2.09. The van der Waals surface area contributed by atoms with E-state index < -0.39 is 0 Å². The third kappa shape index (κ3) is 3.22. The number of nitrogens with two attached hydrogens (primary N) is 1. The monoisotopic (exact) mass is 225 g/mol. The largest absolute Gasteiger partial charge is 0.324 e. The zero-order valence-electron chi connectivity index (χ0n) is 9.76. The van der Waals surface area contributed by atoms with E-state index >= 15 is 0 Å². The van der Waals surface area contributed by atoms with Gasteiger partial charge in [0.25, 0.3) is 0 Å². The van der Waals surface area contributed by atoms with Crippen LogP contribution in [0.3, 0.4) is 0 Å². The number of benzene rings is 1. The first-order valence-electron chi connectivity index (χ1n) is 5.58. The van der Waals surface area contributed by atoms with E-state index in [1.54, 1.807) is 0 Å². The zero-order chi connectivity index (χ0) is 11.4. The minimum Gasteiger partial charge on any atom is -0.324 e. The summed E-state index contributed by atoms with van der Waals surface area (Å²) >= 11 is 5.99. The molecule has 0 fully saturated rings. The molecule has 0 aromatic heterocycles. The average Bonchev–Trinajstić information content (AvgIpc) is 2.21. The topological polar surface area (TPSA) is 26.0 Å². The Balaban J connectivity index is 2.89.